The quantitative estimate of drug-likeness (QED) is 0.683. The highest BCUT2D eigenvalue weighted by Gasteiger charge is 2.42. The first kappa shape index (κ1) is 19.5. The third kappa shape index (κ3) is 4.70. The van der Waals surface area contributed by atoms with Crippen LogP contribution in [-0.2, 0) is 11.3 Å². The number of benzene rings is 1. The number of hydrogen-bond donors (Lipinski definition) is 2. The predicted molar refractivity (Wildman–Crippen MR) is 106 cm³/mol. The monoisotopic (exact) mass is 371 g/mol. The standard InChI is InChI=1S/C21H29N3O3/c1-3-13-26-18-6-5-17(19(15-18)27-14-4-2)16-24-11-7-21(8-12-24)20(25)22-9-10-23-21/h3-6,15,23H,1-2,7-14,16H2,(H,22,25). The summed E-state index contributed by atoms with van der Waals surface area (Å²) in [6, 6.07) is 5.93. The topological polar surface area (TPSA) is 62.8 Å². The van der Waals surface area contributed by atoms with E-state index in [1.165, 1.54) is 0 Å². The largest absolute Gasteiger partial charge is 0.489 e. The second-order valence-electron chi connectivity index (χ2n) is 7.01. The van der Waals surface area contributed by atoms with Crippen LogP contribution in [0, 0.1) is 0 Å². The maximum absolute atomic E-state index is 12.3. The number of piperazine rings is 1. The summed E-state index contributed by atoms with van der Waals surface area (Å²) < 4.78 is 11.5. The predicted octanol–water partition coefficient (Wildman–Crippen LogP) is 1.87. The number of carbonyl (C=O) groups excluding carboxylic acids is 1. The summed E-state index contributed by atoms with van der Waals surface area (Å²) in [6.45, 7) is 12.4. The number of rotatable bonds is 8. The van der Waals surface area contributed by atoms with Crippen LogP contribution in [0.4, 0.5) is 0 Å². The molecule has 0 aliphatic carbocycles. The van der Waals surface area contributed by atoms with Gasteiger partial charge in [-0.3, -0.25) is 9.69 Å². The van der Waals surface area contributed by atoms with Crippen molar-refractivity contribution in [3.8, 4) is 11.5 Å². The summed E-state index contributed by atoms with van der Waals surface area (Å²) in [7, 11) is 0. The first-order valence-corrected chi connectivity index (χ1v) is 9.53. The Bertz CT molecular complexity index is 681. The molecule has 1 spiro atoms. The zero-order valence-electron chi connectivity index (χ0n) is 15.8. The lowest BCUT2D eigenvalue weighted by Crippen LogP contribution is -2.66. The molecular weight excluding hydrogens is 342 g/mol. The molecule has 0 unspecified atom stereocenters. The van der Waals surface area contributed by atoms with Crippen molar-refractivity contribution < 1.29 is 14.3 Å². The van der Waals surface area contributed by atoms with Gasteiger partial charge >= 0.3 is 0 Å². The molecule has 2 aliphatic heterocycles. The molecule has 0 atom stereocenters. The SMILES string of the molecule is C=CCOc1ccc(CN2CCC3(CC2)NCCNC3=O)c(OCC=C)c1. The fourth-order valence-electron chi connectivity index (χ4n) is 3.66. The van der Waals surface area contributed by atoms with Crippen LogP contribution in [-0.4, -0.2) is 55.7 Å². The zero-order valence-corrected chi connectivity index (χ0v) is 15.8. The lowest BCUT2D eigenvalue weighted by atomic mass is 9.85. The van der Waals surface area contributed by atoms with Gasteiger partial charge in [-0.05, 0) is 18.9 Å². The highest BCUT2D eigenvalue weighted by atomic mass is 16.5. The number of nitrogens with zero attached hydrogens (tertiary/aromatic N) is 1. The summed E-state index contributed by atoms with van der Waals surface area (Å²) in [6.07, 6.45) is 5.10. The maximum atomic E-state index is 12.3. The van der Waals surface area contributed by atoms with Crippen LogP contribution in [0.1, 0.15) is 18.4 Å². The Hall–Kier alpha value is -2.31. The van der Waals surface area contributed by atoms with Crippen molar-refractivity contribution in [2.45, 2.75) is 24.9 Å². The number of amides is 1. The van der Waals surface area contributed by atoms with Gasteiger partial charge in [0.15, 0.2) is 0 Å². The van der Waals surface area contributed by atoms with Crippen LogP contribution in [0.25, 0.3) is 0 Å². The average Bonchev–Trinajstić information content (AvgIpc) is 2.70. The fourth-order valence-corrected chi connectivity index (χ4v) is 3.66. The maximum Gasteiger partial charge on any atom is 0.240 e. The summed E-state index contributed by atoms with van der Waals surface area (Å²) in [5.74, 6) is 1.72. The molecule has 1 aromatic carbocycles. The Morgan fingerprint density at radius 2 is 1.85 bits per heavy atom. The number of hydrogen-bond acceptors (Lipinski definition) is 5. The number of carbonyl (C=O) groups is 1. The summed E-state index contributed by atoms with van der Waals surface area (Å²) in [5.41, 5.74) is 0.721. The molecule has 2 N–H and O–H groups in total. The number of ether oxygens (including phenoxy) is 2. The molecule has 6 heteroatoms. The van der Waals surface area contributed by atoms with Gasteiger partial charge in [-0.25, -0.2) is 0 Å². The van der Waals surface area contributed by atoms with Crippen molar-refractivity contribution in [3.63, 3.8) is 0 Å². The highest BCUT2D eigenvalue weighted by molar-refractivity contribution is 5.87. The van der Waals surface area contributed by atoms with Gasteiger partial charge < -0.3 is 20.1 Å². The fraction of sp³-hybridized carbons (Fsp3) is 0.476. The van der Waals surface area contributed by atoms with E-state index in [1.54, 1.807) is 12.2 Å². The summed E-state index contributed by atoms with van der Waals surface area (Å²) in [4.78, 5) is 14.7. The molecule has 27 heavy (non-hydrogen) atoms. The van der Waals surface area contributed by atoms with Crippen LogP contribution in [0.3, 0.4) is 0 Å². The molecule has 1 amide bonds. The van der Waals surface area contributed by atoms with Crippen LogP contribution in [0.15, 0.2) is 43.5 Å². The van der Waals surface area contributed by atoms with Gasteiger partial charge in [-0.2, -0.15) is 0 Å². The summed E-state index contributed by atoms with van der Waals surface area (Å²) in [5, 5.41) is 6.43. The van der Waals surface area contributed by atoms with Gasteiger partial charge in [0.25, 0.3) is 0 Å². The molecule has 0 bridgehead atoms. The van der Waals surface area contributed by atoms with Crippen molar-refractivity contribution in [1.29, 1.82) is 0 Å². The van der Waals surface area contributed by atoms with E-state index >= 15 is 0 Å². The van der Waals surface area contributed by atoms with Crippen molar-refractivity contribution in [3.05, 3.63) is 49.1 Å². The van der Waals surface area contributed by atoms with Crippen LogP contribution in [0.2, 0.25) is 0 Å². The van der Waals surface area contributed by atoms with Gasteiger partial charge in [0.05, 0.1) is 0 Å². The van der Waals surface area contributed by atoms with Gasteiger partial charge in [-0.15, -0.1) is 0 Å². The zero-order chi connectivity index (χ0) is 19.1. The van der Waals surface area contributed by atoms with Crippen LogP contribution in [0.5, 0.6) is 11.5 Å². The molecule has 3 rings (SSSR count). The first-order chi connectivity index (χ1) is 13.2. The van der Waals surface area contributed by atoms with E-state index in [9.17, 15) is 4.79 Å². The van der Waals surface area contributed by atoms with Gasteiger partial charge in [0, 0.05) is 44.4 Å². The lowest BCUT2D eigenvalue weighted by Gasteiger charge is -2.43. The molecule has 2 heterocycles. The van der Waals surface area contributed by atoms with Gasteiger partial charge in [-0.1, -0.05) is 31.4 Å². The molecule has 0 saturated carbocycles. The second kappa shape index (κ2) is 9.06. The van der Waals surface area contributed by atoms with Crippen molar-refractivity contribution in [1.82, 2.24) is 15.5 Å². The lowest BCUT2D eigenvalue weighted by molar-refractivity contribution is -0.131. The number of likely N-dealkylation sites (tertiary alicyclic amines) is 1. The van der Waals surface area contributed by atoms with E-state index in [1.807, 2.05) is 18.2 Å². The molecule has 2 saturated heterocycles. The molecule has 2 fully saturated rings. The van der Waals surface area contributed by atoms with E-state index < -0.39 is 0 Å². The van der Waals surface area contributed by atoms with E-state index in [0.29, 0.717) is 19.8 Å². The number of nitrogens with one attached hydrogen (secondary N) is 2. The second-order valence-corrected chi connectivity index (χ2v) is 7.01. The minimum atomic E-state index is -0.390. The highest BCUT2D eigenvalue weighted by Crippen LogP contribution is 2.29. The molecular formula is C21H29N3O3. The molecule has 6 nitrogen and oxygen atoms in total. The Balaban J connectivity index is 1.65. The first-order valence-electron chi connectivity index (χ1n) is 9.53. The Labute approximate surface area is 161 Å². The Morgan fingerprint density at radius 3 is 2.56 bits per heavy atom. The third-order valence-electron chi connectivity index (χ3n) is 5.18. The smallest absolute Gasteiger partial charge is 0.240 e. The minimum Gasteiger partial charge on any atom is -0.489 e. The number of piperidine rings is 1. The Kier molecular flexibility index (Phi) is 6.53. The molecule has 146 valence electrons. The van der Waals surface area contributed by atoms with Crippen molar-refractivity contribution >= 4 is 5.91 Å². The average molecular weight is 371 g/mol. The summed E-state index contributed by atoms with van der Waals surface area (Å²) >= 11 is 0. The molecule has 0 aromatic heterocycles. The molecule has 2 aliphatic rings. The minimum absolute atomic E-state index is 0.145. The molecule has 1 aromatic rings. The normalized spacial score (nSPS) is 19.3. The van der Waals surface area contributed by atoms with E-state index in [4.69, 9.17) is 9.47 Å². The Morgan fingerprint density at radius 1 is 1.11 bits per heavy atom. The molecule has 0 radical (unpaired) electrons. The van der Waals surface area contributed by atoms with Crippen LogP contribution >= 0.6 is 0 Å². The van der Waals surface area contributed by atoms with Gasteiger partial charge in [0.2, 0.25) is 5.91 Å². The van der Waals surface area contributed by atoms with E-state index in [-0.39, 0.29) is 11.4 Å². The van der Waals surface area contributed by atoms with Gasteiger partial charge in [0.1, 0.15) is 30.3 Å². The van der Waals surface area contributed by atoms with E-state index in [2.05, 4.69) is 28.7 Å². The van der Waals surface area contributed by atoms with E-state index in [0.717, 1.165) is 56.1 Å². The van der Waals surface area contributed by atoms with Crippen LogP contribution < -0.4 is 20.1 Å². The third-order valence-corrected chi connectivity index (χ3v) is 5.18. The van der Waals surface area contributed by atoms with Crippen molar-refractivity contribution in [2.24, 2.45) is 0 Å². The van der Waals surface area contributed by atoms with Crippen molar-refractivity contribution in [2.75, 3.05) is 39.4 Å².